The molecule has 0 spiro atoms. The summed E-state index contributed by atoms with van der Waals surface area (Å²) in [6.45, 7) is 5.77. The average Bonchev–Trinajstić information content (AvgIpc) is 3.03. The van der Waals surface area contributed by atoms with Crippen molar-refractivity contribution in [1.82, 2.24) is 10.2 Å². The Hall–Kier alpha value is -3.27. The van der Waals surface area contributed by atoms with E-state index in [1.165, 1.54) is 33.2 Å². The van der Waals surface area contributed by atoms with Gasteiger partial charge in [-0.2, -0.15) is 0 Å². The first-order valence-corrected chi connectivity index (χ1v) is 9.01. The predicted molar refractivity (Wildman–Crippen MR) is 110 cm³/mol. The molecule has 0 saturated heterocycles. The van der Waals surface area contributed by atoms with Crippen LogP contribution in [0, 0.1) is 0 Å². The van der Waals surface area contributed by atoms with Crippen molar-refractivity contribution in [3.63, 3.8) is 0 Å². The first-order chi connectivity index (χ1) is 13.1. The van der Waals surface area contributed by atoms with Gasteiger partial charge in [0, 0.05) is 18.0 Å². The van der Waals surface area contributed by atoms with Crippen molar-refractivity contribution in [1.29, 1.82) is 0 Å². The van der Waals surface area contributed by atoms with Crippen molar-refractivity contribution in [3.8, 4) is 0 Å². The molecule has 0 saturated carbocycles. The lowest BCUT2D eigenvalue weighted by Crippen LogP contribution is -2.26. The van der Waals surface area contributed by atoms with Gasteiger partial charge in [0.05, 0.1) is 5.52 Å². The summed E-state index contributed by atoms with van der Waals surface area (Å²) in [5, 5.41) is 9.73. The van der Waals surface area contributed by atoms with E-state index in [1.807, 2.05) is 24.3 Å². The summed E-state index contributed by atoms with van der Waals surface area (Å²) >= 11 is 0. The van der Waals surface area contributed by atoms with Gasteiger partial charge in [-0.1, -0.05) is 54.6 Å². The molecule has 2 aromatic carbocycles. The van der Waals surface area contributed by atoms with Crippen molar-refractivity contribution in [3.05, 3.63) is 83.4 Å². The van der Waals surface area contributed by atoms with Gasteiger partial charge < -0.3 is 0 Å². The van der Waals surface area contributed by atoms with Crippen LogP contribution in [-0.2, 0) is 17.6 Å². The van der Waals surface area contributed by atoms with Crippen LogP contribution in [0.4, 0.5) is 5.82 Å². The molecule has 0 unspecified atom stereocenters. The number of hydrogen-bond donors (Lipinski definition) is 0. The molecule has 3 aromatic rings. The van der Waals surface area contributed by atoms with E-state index in [1.54, 1.807) is 7.05 Å². The van der Waals surface area contributed by atoms with E-state index < -0.39 is 0 Å². The second-order valence-corrected chi connectivity index (χ2v) is 6.86. The van der Waals surface area contributed by atoms with Gasteiger partial charge in [-0.3, -0.25) is 9.69 Å². The van der Waals surface area contributed by atoms with Crippen molar-refractivity contribution in [2.75, 3.05) is 11.9 Å². The van der Waals surface area contributed by atoms with Gasteiger partial charge in [0.2, 0.25) is 0 Å². The van der Waals surface area contributed by atoms with Crippen LogP contribution in [0.1, 0.15) is 23.6 Å². The van der Waals surface area contributed by atoms with Crippen molar-refractivity contribution < 1.29 is 4.79 Å². The zero-order valence-electron chi connectivity index (χ0n) is 15.6. The second-order valence-electron chi connectivity index (χ2n) is 6.86. The number of fused-ring (bicyclic) bond motifs is 2. The molecule has 0 radical (unpaired) electrons. The highest BCUT2D eigenvalue weighted by Gasteiger charge is 2.23. The number of rotatable bonds is 4. The summed E-state index contributed by atoms with van der Waals surface area (Å²) in [7, 11) is 1.72. The van der Waals surface area contributed by atoms with Gasteiger partial charge in [0.25, 0.3) is 5.91 Å². The number of hydrogen-bond acceptors (Lipinski definition) is 3. The quantitative estimate of drug-likeness (QED) is 0.654. The zero-order valence-corrected chi connectivity index (χ0v) is 15.6. The monoisotopic (exact) mass is 355 g/mol. The number of aromatic nitrogens is 2. The van der Waals surface area contributed by atoms with Crippen molar-refractivity contribution in [2.24, 2.45) is 0 Å². The average molecular weight is 355 g/mol. The topological polar surface area (TPSA) is 46.1 Å². The van der Waals surface area contributed by atoms with Gasteiger partial charge in [-0.15, -0.1) is 10.2 Å². The fraction of sp³-hybridized carbons (Fsp3) is 0.174. The number of carbonyl (C=O) groups excluding carboxylic acids is 1. The van der Waals surface area contributed by atoms with E-state index in [0.29, 0.717) is 5.82 Å². The van der Waals surface area contributed by atoms with E-state index in [9.17, 15) is 4.79 Å². The number of amides is 1. The Morgan fingerprint density at radius 2 is 1.89 bits per heavy atom. The Labute approximate surface area is 158 Å². The van der Waals surface area contributed by atoms with Crippen LogP contribution in [0.2, 0.25) is 0 Å². The molecule has 4 rings (SSSR count). The number of allylic oxidation sites excluding steroid dienone is 2. The van der Waals surface area contributed by atoms with Crippen molar-refractivity contribution >= 4 is 28.2 Å². The number of carbonyl (C=O) groups is 1. The lowest BCUT2D eigenvalue weighted by atomic mass is 9.98. The largest absolute Gasteiger partial charge is 0.295 e. The molecule has 27 heavy (non-hydrogen) atoms. The van der Waals surface area contributed by atoms with Crippen LogP contribution >= 0.6 is 0 Å². The number of benzene rings is 2. The highest BCUT2D eigenvalue weighted by molar-refractivity contribution is 6.02. The molecule has 1 aromatic heterocycles. The summed E-state index contributed by atoms with van der Waals surface area (Å²) in [5.41, 5.74) is 7.21. The first-order valence-electron chi connectivity index (χ1n) is 9.01. The maximum absolute atomic E-state index is 12.2. The van der Waals surface area contributed by atoms with Gasteiger partial charge in [0.1, 0.15) is 0 Å². The van der Waals surface area contributed by atoms with Gasteiger partial charge in [-0.05, 0) is 48.6 Å². The smallest absolute Gasteiger partial charge is 0.251 e. The van der Waals surface area contributed by atoms with Gasteiger partial charge in [-0.25, -0.2) is 0 Å². The molecule has 0 fully saturated rings. The lowest BCUT2D eigenvalue weighted by Gasteiger charge is -2.19. The Bertz CT molecular complexity index is 1100. The van der Waals surface area contributed by atoms with E-state index in [4.69, 9.17) is 0 Å². The molecule has 0 bridgehead atoms. The molecular formula is C23H21N3O. The number of likely N-dealkylation sites (N-methyl/N-ethyl adjacent to an activating group) is 1. The Kier molecular flexibility index (Phi) is 4.32. The Morgan fingerprint density at radius 1 is 1.15 bits per heavy atom. The fourth-order valence-electron chi connectivity index (χ4n) is 3.78. The van der Waals surface area contributed by atoms with Gasteiger partial charge in [0.15, 0.2) is 5.82 Å². The lowest BCUT2D eigenvalue weighted by molar-refractivity contribution is -0.113. The van der Waals surface area contributed by atoms with E-state index in [2.05, 4.69) is 48.0 Å². The molecule has 1 aliphatic rings. The molecule has 1 amide bonds. The first kappa shape index (κ1) is 17.2. The van der Waals surface area contributed by atoms with Crippen LogP contribution in [0.25, 0.3) is 16.5 Å². The van der Waals surface area contributed by atoms with Crippen molar-refractivity contribution in [2.45, 2.75) is 19.8 Å². The molecule has 134 valence electrons. The molecule has 1 aliphatic carbocycles. The summed E-state index contributed by atoms with van der Waals surface area (Å²) in [4.78, 5) is 13.7. The maximum Gasteiger partial charge on any atom is 0.251 e. The third-order valence-corrected chi connectivity index (χ3v) is 5.32. The normalized spacial score (nSPS) is 13.0. The molecule has 4 nitrogen and oxygen atoms in total. The van der Waals surface area contributed by atoms with Crippen LogP contribution in [0.15, 0.2) is 66.8 Å². The third kappa shape index (κ3) is 2.93. The molecular weight excluding hydrogens is 334 g/mol. The standard InChI is InChI=1S/C23H21N3O/c1-4-22(27)26(3)23-20(19-11-7-8-12-21(19)24-25-23)14-17-13-16-9-5-6-10-18(16)15(17)2/h4-12H,1,13-14H2,2-3H3. The van der Waals surface area contributed by atoms with E-state index in [0.717, 1.165) is 29.3 Å². The molecule has 1 heterocycles. The second kappa shape index (κ2) is 6.80. The molecule has 0 aliphatic heterocycles. The third-order valence-electron chi connectivity index (χ3n) is 5.32. The van der Waals surface area contributed by atoms with E-state index >= 15 is 0 Å². The maximum atomic E-state index is 12.2. The highest BCUT2D eigenvalue weighted by atomic mass is 16.2. The summed E-state index contributed by atoms with van der Waals surface area (Å²) in [6, 6.07) is 16.5. The van der Waals surface area contributed by atoms with Crippen LogP contribution in [-0.4, -0.2) is 23.2 Å². The molecule has 0 atom stereocenters. The number of anilines is 1. The number of nitrogens with zero attached hydrogens (tertiary/aromatic N) is 3. The highest BCUT2D eigenvalue weighted by Crippen LogP contribution is 2.36. The van der Waals surface area contributed by atoms with Crippen LogP contribution < -0.4 is 4.90 Å². The predicted octanol–water partition coefficient (Wildman–Crippen LogP) is 4.35. The summed E-state index contributed by atoms with van der Waals surface area (Å²) < 4.78 is 0. The van der Waals surface area contributed by atoms with Crippen LogP contribution in [0.3, 0.4) is 0 Å². The summed E-state index contributed by atoms with van der Waals surface area (Å²) in [6.07, 6.45) is 2.97. The SMILES string of the molecule is C=CC(=O)N(C)c1nnc2ccccc2c1CC1=C(C)c2ccccc2C1. The van der Waals surface area contributed by atoms with Crippen LogP contribution in [0.5, 0.6) is 0 Å². The fourth-order valence-corrected chi connectivity index (χ4v) is 3.78. The zero-order chi connectivity index (χ0) is 19.0. The minimum absolute atomic E-state index is 0.193. The Balaban J connectivity index is 1.84. The molecule has 4 heteroatoms. The minimum atomic E-state index is -0.193. The minimum Gasteiger partial charge on any atom is -0.295 e. The molecule has 0 N–H and O–H groups in total. The van der Waals surface area contributed by atoms with Gasteiger partial charge >= 0.3 is 0 Å². The Morgan fingerprint density at radius 3 is 2.67 bits per heavy atom. The van der Waals surface area contributed by atoms with E-state index in [-0.39, 0.29) is 5.91 Å². The summed E-state index contributed by atoms with van der Waals surface area (Å²) in [5.74, 6) is 0.399.